The Hall–Kier alpha value is -0.120. The van der Waals surface area contributed by atoms with E-state index in [4.69, 9.17) is 10.5 Å². The Morgan fingerprint density at radius 1 is 1.31 bits per heavy atom. The molecule has 1 aliphatic heterocycles. The van der Waals surface area contributed by atoms with Crippen LogP contribution in [0.5, 0.6) is 0 Å². The predicted molar refractivity (Wildman–Crippen MR) is 66.4 cm³/mol. The molecule has 2 fully saturated rings. The predicted octanol–water partition coefficient (Wildman–Crippen LogP) is 1.61. The molecule has 0 bridgehead atoms. The maximum atomic E-state index is 5.96. The van der Waals surface area contributed by atoms with Crippen LogP contribution in [0.2, 0.25) is 0 Å². The summed E-state index contributed by atoms with van der Waals surface area (Å²) >= 11 is 0. The molecule has 1 aliphatic carbocycles. The van der Waals surface area contributed by atoms with Crippen LogP contribution < -0.4 is 5.73 Å². The van der Waals surface area contributed by atoms with Gasteiger partial charge in [-0.15, -0.1) is 0 Å². The van der Waals surface area contributed by atoms with Crippen LogP contribution in [0.15, 0.2) is 0 Å². The molecule has 3 nitrogen and oxygen atoms in total. The first-order valence-electron chi connectivity index (χ1n) is 6.82. The highest BCUT2D eigenvalue weighted by Gasteiger charge is 2.35. The maximum absolute atomic E-state index is 5.96. The summed E-state index contributed by atoms with van der Waals surface area (Å²) < 4.78 is 5.61. The Morgan fingerprint density at radius 3 is 2.44 bits per heavy atom. The molecule has 1 saturated carbocycles. The van der Waals surface area contributed by atoms with E-state index in [1.807, 2.05) is 0 Å². The molecule has 94 valence electrons. The lowest BCUT2D eigenvalue weighted by molar-refractivity contribution is -0.0540. The van der Waals surface area contributed by atoms with Gasteiger partial charge < -0.3 is 15.4 Å². The van der Waals surface area contributed by atoms with Gasteiger partial charge in [0.05, 0.1) is 6.10 Å². The van der Waals surface area contributed by atoms with Crippen LogP contribution in [0.3, 0.4) is 0 Å². The number of hydrogen-bond acceptors (Lipinski definition) is 3. The molecule has 1 unspecified atom stereocenters. The lowest BCUT2D eigenvalue weighted by Crippen LogP contribution is -2.51. The molecule has 16 heavy (non-hydrogen) atoms. The zero-order valence-corrected chi connectivity index (χ0v) is 10.7. The number of ether oxygens (including phenoxy) is 1. The Labute approximate surface area is 99.3 Å². The van der Waals surface area contributed by atoms with Gasteiger partial charge in [-0.1, -0.05) is 0 Å². The van der Waals surface area contributed by atoms with Gasteiger partial charge >= 0.3 is 0 Å². The van der Waals surface area contributed by atoms with E-state index in [1.165, 1.54) is 38.8 Å². The molecule has 0 aromatic heterocycles. The van der Waals surface area contributed by atoms with Gasteiger partial charge in [-0.2, -0.15) is 0 Å². The third-order valence-electron chi connectivity index (χ3n) is 4.31. The molecule has 2 aliphatic rings. The van der Waals surface area contributed by atoms with Crippen LogP contribution in [0.25, 0.3) is 0 Å². The normalized spacial score (nSPS) is 34.7. The SMILES string of the molecule is CCOC1CC(N2CCC(C(C)N)CC2)C1. The molecular formula is C13H26N2O. The van der Waals surface area contributed by atoms with Crippen molar-refractivity contribution >= 4 is 0 Å². The van der Waals surface area contributed by atoms with E-state index in [2.05, 4.69) is 18.7 Å². The number of nitrogens with zero attached hydrogens (tertiary/aromatic N) is 1. The molecule has 2 N–H and O–H groups in total. The van der Waals surface area contributed by atoms with Crippen molar-refractivity contribution < 1.29 is 4.74 Å². The van der Waals surface area contributed by atoms with E-state index in [9.17, 15) is 0 Å². The van der Waals surface area contributed by atoms with Crippen molar-refractivity contribution in [1.29, 1.82) is 0 Å². The minimum Gasteiger partial charge on any atom is -0.378 e. The molecule has 1 heterocycles. The number of hydrogen-bond donors (Lipinski definition) is 1. The minimum atomic E-state index is 0.375. The molecule has 3 heteroatoms. The van der Waals surface area contributed by atoms with Gasteiger partial charge in [0.15, 0.2) is 0 Å². The third kappa shape index (κ3) is 2.76. The Kier molecular flexibility index (Phi) is 4.22. The molecule has 0 aromatic carbocycles. The number of likely N-dealkylation sites (tertiary alicyclic amines) is 1. The van der Waals surface area contributed by atoms with Gasteiger partial charge in [0, 0.05) is 18.7 Å². The number of piperidine rings is 1. The second-order valence-electron chi connectivity index (χ2n) is 5.44. The molecule has 0 spiro atoms. The first kappa shape index (κ1) is 12.3. The van der Waals surface area contributed by atoms with Gasteiger partial charge in [0.1, 0.15) is 0 Å². The monoisotopic (exact) mass is 226 g/mol. The fourth-order valence-electron chi connectivity index (χ4n) is 3.02. The van der Waals surface area contributed by atoms with Gasteiger partial charge in [-0.3, -0.25) is 0 Å². The molecule has 1 saturated heterocycles. The van der Waals surface area contributed by atoms with Crippen molar-refractivity contribution in [2.45, 2.75) is 57.7 Å². The molecule has 0 aromatic rings. The third-order valence-corrected chi connectivity index (χ3v) is 4.31. The standard InChI is InChI=1S/C13H26N2O/c1-3-16-13-8-12(9-13)15-6-4-11(5-7-15)10(2)14/h10-13H,3-9,14H2,1-2H3. The quantitative estimate of drug-likeness (QED) is 0.791. The zero-order chi connectivity index (χ0) is 11.5. The van der Waals surface area contributed by atoms with Crippen molar-refractivity contribution in [2.75, 3.05) is 19.7 Å². The smallest absolute Gasteiger partial charge is 0.0604 e. The van der Waals surface area contributed by atoms with Gasteiger partial charge in [-0.25, -0.2) is 0 Å². The van der Waals surface area contributed by atoms with E-state index in [0.29, 0.717) is 12.1 Å². The highest BCUT2D eigenvalue weighted by molar-refractivity contribution is 4.90. The van der Waals surface area contributed by atoms with Crippen LogP contribution >= 0.6 is 0 Å². The van der Waals surface area contributed by atoms with Crippen LogP contribution in [-0.4, -0.2) is 42.8 Å². The summed E-state index contributed by atoms with van der Waals surface area (Å²) in [4.78, 5) is 2.65. The average Bonchev–Trinajstić information content (AvgIpc) is 2.23. The highest BCUT2D eigenvalue weighted by atomic mass is 16.5. The summed E-state index contributed by atoms with van der Waals surface area (Å²) in [5.74, 6) is 0.749. The van der Waals surface area contributed by atoms with E-state index < -0.39 is 0 Å². The second-order valence-corrected chi connectivity index (χ2v) is 5.44. The van der Waals surface area contributed by atoms with Gasteiger partial charge in [-0.05, 0) is 58.5 Å². The number of nitrogens with two attached hydrogens (primary N) is 1. The summed E-state index contributed by atoms with van der Waals surface area (Å²) in [6, 6.07) is 1.17. The lowest BCUT2D eigenvalue weighted by atomic mass is 9.84. The zero-order valence-electron chi connectivity index (χ0n) is 10.7. The summed E-state index contributed by atoms with van der Waals surface area (Å²) in [5.41, 5.74) is 5.96. The van der Waals surface area contributed by atoms with Crippen LogP contribution in [0, 0.1) is 5.92 Å². The Bertz CT molecular complexity index is 206. The summed E-state index contributed by atoms with van der Waals surface area (Å²) in [6.45, 7) is 7.59. The summed E-state index contributed by atoms with van der Waals surface area (Å²) in [6.07, 6.45) is 5.61. The summed E-state index contributed by atoms with van der Waals surface area (Å²) in [5, 5.41) is 0. The average molecular weight is 226 g/mol. The van der Waals surface area contributed by atoms with Crippen molar-refractivity contribution in [1.82, 2.24) is 4.90 Å². The highest BCUT2D eigenvalue weighted by Crippen LogP contribution is 2.31. The Balaban J connectivity index is 1.67. The lowest BCUT2D eigenvalue weighted by Gasteiger charge is -2.45. The number of rotatable bonds is 4. The molecule has 2 rings (SSSR count). The molecular weight excluding hydrogens is 200 g/mol. The topological polar surface area (TPSA) is 38.5 Å². The first-order chi connectivity index (χ1) is 7.70. The Morgan fingerprint density at radius 2 is 1.94 bits per heavy atom. The van der Waals surface area contributed by atoms with Crippen molar-refractivity contribution in [3.63, 3.8) is 0 Å². The van der Waals surface area contributed by atoms with Crippen molar-refractivity contribution in [2.24, 2.45) is 11.7 Å². The van der Waals surface area contributed by atoms with Crippen LogP contribution in [0.4, 0.5) is 0 Å². The first-order valence-corrected chi connectivity index (χ1v) is 6.82. The fourth-order valence-corrected chi connectivity index (χ4v) is 3.02. The molecule has 1 atom stereocenters. The van der Waals surface area contributed by atoms with E-state index in [1.54, 1.807) is 0 Å². The van der Waals surface area contributed by atoms with Gasteiger partial charge in [0.2, 0.25) is 0 Å². The molecule has 0 amide bonds. The van der Waals surface area contributed by atoms with Crippen LogP contribution in [0.1, 0.15) is 39.5 Å². The largest absolute Gasteiger partial charge is 0.378 e. The minimum absolute atomic E-state index is 0.375. The molecule has 0 radical (unpaired) electrons. The van der Waals surface area contributed by atoms with Crippen LogP contribution in [-0.2, 0) is 4.74 Å². The van der Waals surface area contributed by atoms with Crippen molar-refractivity contribution in [3.05, 3.63) is 0 Å². The summed E-state index contributed by atoms with van der Waals surface area (Å²) in [7, 11) is 0. The van der Waals surface area contributed by atoms with E-state index >= 15 is 0 Å². The van der Waals surface area contributed by atoms with Gasteiger partial charge in [0.25, 0.3) is 0 Å². The maximum Gasteiger partial charge on any atom is 0.0604 e. The fraction of sp³-hybridized carbons (Fsp3) is 1.00. The van der Waals surface area contributed by atoms with E-state index in [0.717, 1.165) is 18.6 Å². The van der Waals surface area contributed by atoms with E-state index in [-0.39, 0.29) is 0 Å². The second kappa shape index (κ2) is 5.48. The van der Waals surface area contributed by atoms with Crippen molar-refractivity contribution in [3.8, 4) is 0 Å².